The lowest BCUT2D eigenvalue weighted by Gasteiger charge is -2.07. The van der Waals surface area contributed by atoms with E-state index in [4.69, 9.17) is 17.3 Å². The predicted octanol–water partition coefficient (Wildman–Crippen LogP) is 3.10. The molecule has 2 aromatic carbocycles. The summed E-state index contributed by atoms with van der Waals surface area (Å²) in [6.07, 6.45) is 0.259. The number of nitrogen functional groups attached to an aromatic ring is 1. The fourth-order valence-electron chi connectivity index (χ4n) is 1.61. The van der Waals surface area contributed by atoms with Crippen molar-refractivity contribution in [3.05, 3.63) is 59.1 Å². The summed E-state index contributed by atoms with van der Waals surface area (Å²) in [7, 11) is 0. The molecule has 0 bridgehead atoms. The highest BCUT2D eigenvalue weighted by atomic mass is 35.5. The van der Waals surface area contributed by atoms with Crippen LogP contribution in [0.3, 0.4) is 0 Å². The quantitative estimate of drug-likeness (QED) is 0.833. The molecule has 4 heteroatoms. The molecule has 2 aromatic rings. The highest BCUT2D eigenvalue weighted by molar-refractivity contribution is 6.30. The summed E-state index contributed by atoms with van der Waals surface area (Å²) >= 11 is 5.77. The Balaban J connectivity index is 2.01. The molecule has 2 rings (SSSR count). The van der Waals surface area contributed by atoms with E-state index in [-0.39, 0.29) is 12.3 Å². The minimum Gasteiger partial charge on any atom is -0.398 e. The van der Waals surface area contributed by atoms with E-state index in [1.807, 2.05) is 18.2 Å². The number of carbonyl (C=O) groups excluding carboxylic acids is 1. The molecule has 3 nitrogen and oxygen atoms in total. The number of carbonyl (C=O) groups is 1. The highest BCUT2D eigenvalue weighted by Gasteiger charge is 2.06. The molecule has 1 amide bonds. The summed E-state index contributed by atoms with van der Waals surface area (Å²) in [4.78, 5) is 11.8. The van der Waals surface area contributed by atoms with Crippen LogP contribution in [0.5, 0.6) is 0 Å². The lowest BCUT2D eigenvalue weighted by Crippen LogP contribution is -2.15. The zero-order valence-electron chi connectivity index (χ0n) is 9.69. The molecule has 3 N–H and O–H groups in total. The molecule has 0 aromatic heterocycles. The van der Waals surface area contributed by atoms with Gasteiger partial charge in [0, 0.05) is 16.4 Å². The lowest BCUT2D eigenvalue weighted by atomic mass is 10.1. The molecule has 0 saturated heterocycles. The van der Waals surface area contributed by atoms with Crippen LogP contribution in [0.2, 0.25) is 5.02 Å². The molecule has 0 saturated carbocycles. The van der Waals surface area contributed by atoms with Gasteiger partial charge in [-0.05, 0) is 35.9 Å². The van der Waals surface area contributed by atoms with E-state index >= 15 is 0 Å². The molecule has 0 aliphatic carbocycles. The summed E-state index contributed by atoms with van der Waals surface area (Å²) in [6.45, 7) is 0. The molecule has 0 spiro atoms. The fraction of sp³-hybridized carbons (Fsp3) is 0.0714. The average molecular weight is 261 g/mol. The van der Waals surface area contributed by atoms with Crippen molar-refractivity contribution in [2.45, 2.75) is 6.42 Å². The normalized spacial score (nSPS) is 10.1. The number of rotatable bonds is 3. The molecule has 0 aliphatic heterocycles. The average Bonchev–Trinajstić information content (AvgIpc) is 2.35. The zero-order chi connectivity index (χ0) is 13.0. The van der Waals surface area contributed by atoms with Crippen molar-refractivity contribution >= 4 is 28.9 Å². The Hall–Kier alpha value is -2.00. The smallest absolute Gasteiger partial charge is 0.228 e. The first-order valence-electron chi connectivity index (χ1n) is 5.54. The van der Waals surface area contributed by atoms with Crippen LogP contribution in [-0.4, -0.2) is 5.91 Å². The molecule has 0 unspecified atom stereocenters. The molecule has 0 atom stereocenters. The molecule has 18 heavy (non-hydrogen) atoms. The van der Waals surface area contributed by atoms with Crippen molar-refractivity contribution in [2.75, 3.05) is 11.1 Å². The second-order valence-corrected chi connectivity index (χ2v) is 4.37. The van der Waals surface area contributed by atoms with Crippen LogP contribution in [0, 0.1) is 0 Å². The lowest BCUT2D eigenvalue weighted by molar-refractivity contribution is -0.115. The third kappa shape index (κ3) is 3.25. The molecular weight excluding hydrogens is 248 g/mol. The number of nitrogens with one attached hydrogen (secondary N) is 1. The largest absolute Gasteiger partial charge is 0.398 e. The van der Waals surface area contributed by atoms with Crippen LogP contribution in [0.15, 0.2) is 48.5 Å². The number of halogens is 1. The van der Waals surface area contributed by atoms with Gasteiger partial charge in [-0.3, -0.25) is 4.79 Å². The standard InChI is InChI=1S/C14H13ClN2O/c15-11-5-7-12(8-6-11)17-14(18)9-10-3-1-2-4-13(10)16/h1-8H,9,16H2,(H,17,18). The Bertz CT molecular complexity index is 552. The monoisotopic (exact) mass is 260 g/mol. The van der Waals surface area contributed by atoms with E-state index in [1.54, 1.807) is 30.3 Å². The van der Waals surface area contributed by atoms with Gasteiger partial charge in [-0.2, -0.15) is 0 Å². The van der Waals surface area contributed by atoms with Gasteiger partial charge in [-0.15, -0.1) is 0 Å². The Kier molecular flexibility index (Phi) is 3.85. The van der Waals surface area contributed by atoms with Crippen molar-refractivity contribution in [1.82, 2.24) is 0 Å². The number of nitrogens with two attached hydrogens (primary N) is 1. The number of benzene rings is 2. The van der Waals surface area contributed by atoms with E-state index < -0.39 is 0 Å². The summed E-state index contributed by atoms with van der Waals surface area (Å²) in [5, 5.41) is 3.43. The van der Waals surface area contributed by atoms with Crippen molar-refractivity contribution < 1.29 is 4.79 Å². The number of para-hydroxylation sites is 1. The topological polar surface area (TPSA) is 55.1 Å². The van der Waals surface area contributed by atoms with Gasteiger partial charge in [0.25, 0.3) is 0 Å². The van der Waals surface area contributed by atoms with E-state index in [9.17, 15) is 4.79 Å². The summed E-state index contributed by atoms with van der Waals surface area (Å²) in [5.41, 5.74) is 7.96. The minimum absolute atomic E-state index is 0.102. The van der Waals surface area contributed by atoms with Gasteiger partial charge in [0.15, 0.2) is 0 Å². The summed E-state index contributed by atoms with van der Waals surface area (Å²) in [5.74, 6) is -0.102. The van der Waals surface area contributed by atoms with E-state index in [0.29, 0.717) is 10.7 Å². The Morgan fingerprint density at radius 2 is 1.78 bits per heavy atom. The van der Waals surface area contributed by atoms with Gasteiger partial charge in [-0.1, -0.05) is 29.8 Å². The summed E-state index contributed by atoms with van der Waals surface area (Å²) in [6, 6.07) is 14.3. The van der Waals surface area contributed by atoms with Crippen LogP contribution >= 0.6 is 11.6 Å². The van der Waals surface area contributed by atoms with Gasteiger partial charge >= 0.3 is 0 Å². The number of hydrogen-bond acceptors (Lipinski definition) is 2. The van der Waals surface area contributed by atoms with Crippen molar-refractivity contribution in [3.63, 3.8) is 0 Å². The van der Waals surface area contributed by atoms with Gasteiger partial charge in [0.1, 0.15) is 0 Å². The maximum absolute atomic E-state index is 11.8. The first-order valence-corrected chi connectivity index (χ1v) is 5.92. The van der Waals surface area contributed by atoms with Crippen LogP contribution < -0.4 is 11.1 Å². The fourth-order valence-corrected chi connectivity index (χ4v) is 1.73. The molecule has 0 heterocycles. The Morgan fingerprint density at radius 3 is 2.44 bits per heavy atom. The van der Waals surface area contributed by atoms with Gasteiger partial charge in [-0.25, -0.2) is 0 Å². The van der Waals surface area contributed by atoms with Crippen molar-refractivity contribution in [2.24, 2.45) is 0 Å². The van der Waals surface area contributed by atoms with E-state index in [0.717, 1.165) is 11.3 Å². The number of anilines is 2. The molecule has 0 radical (unpaired) electrons. The van der Waals surface area contributed by atoms with Crippen LogP contribution in [-0.2, 0) is 11.2 Å². The van der Waals surface area contributed by atoms with Crippen LogP contribution in [0.25, 0.3) is 0 Å². The molecular formula is C14H13ClN2O. The van der Waals surface area contributed by atoms with Gasteiger partial charge < -0.3 is 11.1 Å². The third-order valence-electron chi connectivity index (χ3n) is 2.53. The number of amides is 1. The SMILES string of the molecule is Nc1ccccc1CC(=O)Nc1ccc(Cl)cc1. The van der Waals surface area contributed by atoms with Crippen LogP contribution in [0.1, 0.15) is 5.56 Å². The predicted molar refractivity (Wildman–Crippen MR) is 74.6 cm³/mol. The zero-order valence-corrected chi connectivity index (χ0v) is 10.4. The van der Waals surface area contributed by atoms with Gasteiger partial charge in [0.05, 0.1) is 6.42 Å². The van der Waals surface area contributed by atoms with E-state index in [2.05, 4.69) is 5.32 Å². The van der Waals surface area contributed by atoms with Crippen molar-refractivity contribution in [1.29, 1.82) is 0 Å². The number of hydrogen-bond donors (Lipinski definition) is 2. The Morgan fingerprint density at radius 1 is 1.11 bits per heavy atom. The first kappa shape index (κ1) is 12.5. The maximum Gasteiger partial charge on any atom is 0.228 e. The molecule has 0 fully saturated rings. The maximum atomic E-state index is 11.8. The second-order valence-electron chi connectivity index (χ2n) is 3.93. The second kappa shape index (κ2) is 5.56. The minimum atomic E-state index is -0.102. The van der Waals surface area contributed by atoms with E-state index in [1.165, 1.54) is 0 Å². The van der Waals surface area contributed by atoms with Gasteiger partial charge in [0.2, 0.25) is 5.91 Å². The highest BCUT2D eigenvalue weighted by Crippen LogP contribution is 2.15. The first-order chi connectivity index (χ1) is 8.65. The third-order valence-corrected chi connectivity index (χ3v) is 2.79. The van der Waals surface area contributed by atoms with Crippen LogP contribution in [0.4, 0.5) is 11.4 Å². The van der Waals surface area contributed by atoms with Crippen molar-refractivity contribution in [3.8, 4) is 0 Å². The molecule has 92 valence electrons. The Labute approximate surface area is 111 Å². The summed E-state index contributed by atoms with van der Waals surface area (Å²) < 4.78 is 0. The molecule has 0 aliphatic rings.